The molecule has 17 heavy (non-hydrogen) atoms. The van der Waals surface area contributed by atoms with Crippen LogP contribution in [0.25, 0.3) is 0 Å². The second-order valence-electron chi connectivity index (χ2n) is 5.34. The zero-order chi connectivity index (χ0) is 12.9. The van der Waals surface area contributed by atoms with Crippen LogP contribution in [0.15, 0.2) is 0 Å². The van der Waals surface area contributed by atoms with Gasteiger partial charge in [-0.3, -0.25) is 0 Å². The van der Waals surface area contributed by atoms with Gasteiger partial charge in [0.25, 0.3) is 0 Å². The Bertz CT molecular complexity index is 325. The van der Waals surface area contributed by atoms with Gasteiger partial charge < -0.3 is 10.1 Å². The highest BCUT2D eigenvalue weighted by Crippen LogP contribution is 2.23. The first kappa shape index (κ1) is 14.9. The SMILES string of the molecule is CCS(=O)(=O)CCCNC1CCOC(C)(C)C1. The molecule has 0 bridgehead atoms. The number of hydrogen-bond acceptors (Lipinski definition) is 4. The van der Waals surface area contributed by atoms with Gasteiger partial charge in [0.05, 0.1) is 11.4 Å². The lowest BCUT2D eigenvalue weighted by Crippen LogP contribution is -2.44. The fourth-order valence-corrected chi connectivity index (χ4v) is 3.02. The molecule has 1 unspecified atom stereocenters. The molecule has 102 valence electrons. The van der Waals surface area contributed by atoms with E-state index < -0.39 is 9.84 Å². The van der Waals surface area contributed by atoms with E-state index >= 15 is 0 Å². The van der Waals surface area contributed by atoms with E-state index in [2.05, 4.69) is 19.2 Å². The second kappa shape index (κ2) is 6.16. The summed E-state index contributed by atoms with van der Waals surface area (Å²) in [7, 11) is -2.81. The van der Waals surface area contributed by atoms with Crippen LogP contribution in [0.4, 0.5) is 0 Å². The van der Waals surface area contributed by atoms with E-state index in [1.165, 1.54) is 0 Å². The molecule has 0 spiro atoms. The van der Waals surface area contributed by atoms with Crippen molar-refractivity contribution in [2.24, 2.45) is 0 Å². The summed E-state index contributed by atoms with van der Waals surface area (Å²) in [5, 5.41) is 3.43. The number of sulfone groups is 1. The summed E-state index contributed by atoms with van der Waals surface area (Å²) in [4.78, 5) is 0. The zero-order valence-electron chi connectivity index (χ0n) is 11.2. The molecule has 0 saturated carbocycles. The summed E-state index contributed by atoms with van der Waals surface area (Å²) in [6.45, 7) is 7.46. The lowest BCUT2D eigenvalue weighted by Gasteiger charge is -2.36. The minimum Gasteiger partial charge on any atom is -0.375 e. The first-order valence-electron chi connectivity index (χ1n) is 6.42. The predicted octanol–water partition coefficient (Wildman–Crippen LogP) is 1.36. The van der Waals surface area contributed by atoms with Crippen LogP contribution in [-0.2, 0) is 14.6 Å². The summed E-state index contributed by atoms with van der Waals surface area (Å²) in [6, 6.07) is 0.461. The van der Waals surface area contributed by atoms with E-state index in [1.54, 1.807) is 6.92 Å². The highest BCUT2D eigenvalue weighted by molar-refractivity contribution is 7.91. The van der Waals surface area contributed by atoms with Crippen molar-refractivity contribution in [1.29, 1.82) is 0 Å². The van der Waals surface area contributed by atoms with Crippen molar-refractivity contribution in [3.63, 3.8) is 0 Å². The van der Waals surface area contributed by atoms with Gasteiger partial charge in [-0.15, -0.1) is 0 Å². The van der Waals surface area contributed by atoms with E-state index in [1.807, 2.05) is 0 Å². The summed E-state index contributed by atoms with van der Waals surface area (Å²) in [5.41, 5.74) is -0.0502. The fourth-order valence-electron chi connectivity index (χ4n) is 2.15. The molecule has 0 aromatic carbocycles. The quantitative estimate of drug-likeness (QED) is 0.735. The second-order valence-corrected chi connectivity index (χ2v) is 7.81. The van der Waals surface area contributed by atoms with Crippen LogP contribution in [-0.4, -0.2) is 44.7 Å². The molecule has 1 atom stereocenters. The van der Waals surface area contributed by atoms with Gasteiger partial charge in [-0.05, 0) is 39.7 Å². The van der Waals surface area contributed by atoms with E-state index in [9.17, 15) is 8.42 Å². The first-order valence-corrected chi connectivity index (χ1v) is 8.24. The average Bonchev–Trinajstić information content (AvgIpc) is 2.23. The molecule has 4 nitrogen and oxygen atoms in total. The molecule has 1 aliphatic heterocycles. The third-order valence-corrected chi connectivity index (χ3v) is 4.99. The topological polar surface area (TPSA) is 55.4 Å². The number of ether oxygens (including phenoxy) is 1. The van der Waals surface area contributed by atoms with Crippen molar-refractivity contribution in [3.05, 3.63) is 0 Å². The van der Waals surface area contributed by atoms with E-state index in [-0.39, 0.29) is 11.4 Å². The highest BCUT2D eigenvalue weighted by atomic mass is 32.2. The van der Waals surface area contributed by atoms with E-state index in [0.717, 1.165) is 26.0 Å². The molecule has 1 saturated heterocycles. The van der Waals surface area contributed by atoms with Crippen molar-refractivity contribution in [2.75, 3.05) is 24.7 Å². The zero-order valence-corrected chi connectivity index (χ0v) is 12.0. The van der Waals surface area contributed by atoms with Gasteiger partial charge in [0, 0.05) is 18.4 Å². The Kier molecular flexibility index (Phi) is 5.41. The minimum atomic E-state index is -2.81. The Morgan fingerprint density at radius 3 is 2.71 bits per heavy atom. The van der Waals surface area contributed by atoms with Crippen molar-refractivity contribution in [2.45, 2.75) is 51.7 Å². The summed E-state index contributed by atoms with van der Waals surface area (Å²) in [5.74, 6) is 0.542. The maximum Gasteiger partial charge on any atom is 0.150 e. The predicted molar refractivity (Wildman–Crippen MR) is 70.0 cm³/mol. The molecule has 1 fully saturated rings. The monoisotopic (exact) mass is 263 g/mol. The molecule has 1 rings (SSSR count). The molecule has 1 heterocycles. The Morgan fingerprint density at radius 1 is 1.41 bits per heavy atom. The van der Waals surface area contributed by atoms with Gasteiger partial charge in [-0.1, -0.05) is 6.92 Å². The first-order chi connectivity index (χ1) is 7.85. The van der Waals surface area contributed by atoms with Crippen LogP contribution < -0.4 is 5.32 Å². The molecule has 1 aliphatic rings. The molecule has 5 heteroatoms. The van der Waals surface area contributed by atoms with Crippen molar-refractivity contribution in [1.82, 2.24) is 5.32 Å². The molecule has 1 N–H and O–H groups in total. The molecule has 0 amide bonds. The van der Waals surface area contributed by atoms with Crippen molar-refractivity contribution in [3.8, 4) is 0 Å². The Hall–Kier alpha value is -0.130. The maximum atomic E-state index is 11.3. The van der Waals surface area contributed by atoms with E-state index in [0.29, 0.717) is 18.2 Å². The normalized spacial score (nSPS) is 24.8. The Balaban J connectivity index is 2.19. The molecular weight excluding hydrogens is 238 g/mol. The smallest absolute Gasteiger partial charge is 0.150 e. The standard InChI is InChI=1S/C12H25NO3S/c1-4-17(14,15)9-5-7-13-11-6-8-16-12(2,3)10-11/h11,13H,4-10H2,1-3H3. The minimum absolute atomic E-state index is 0.0502. The van der Waals surface area contributed by atoms with Crippen LogP contribution in [0.1, 0.15) is 40.0 Å². The largest absolute Gasteiger partial charge is 0.375 e. The fraction of sp³-hybridized carbons (Fsp3) is 1.00. The maximum absolute atomic E-state index is 11.3. The number of rotatable bonds is 6. The van der Waals surface area contributed by atoms with Gasteiger partial charge in [0.15, 0.2) is 0 Å². The van der Waals surface area contributed by atoms with Crippen molar-refractivity contribution < 1.29 is 13.2 Å². The highest BCUT2D eigenvalue weighted by Gasteiger charge is 2.28. The Morgan fingerprint density at radius 2 is 2.12 bits per heavy atom. The van der Waals surface area contributed by atoms with Crippen LogP contribution in [0, 0.1) is 0 Å². The number of nitrogens with one attached hydrogen (secondary N) is 1. The van der Waals surface area contributed by atoms with Crippen LogP contribution in [0.3, 0.4) is 0 Å². The summed E-state index contributed by atoms with van der Waals surface area (Å²) >= 11 is 0. The molecule has 0 aliphatic carbocycles. The number of hydrogen-bond donors (Lipinski definition) is 1. The summed E-state index contributed by atoms with van der Waals surface area (Å²) < 4.78 is 28.2. The third kappa shape index (κ3) is 5.84. The molecule has 0 radical (unpaired) electrons. The van der Waals surface area contributed by atoms with Crippen molar-refractivity contribution >= 4 is 9.84 Å². The molecule has 0 aromatic heterocycles. The molecular formula is C12H25NO3S. The van der Waals surface area contributed by atoms with E-state index in [4.69, 9.17) is 4.74 Å². The summed E-state index contributed by atoms with van der Waals surface area (Å²) in [6.07, 6.45) is 2.71. The third-order valence-electron chi connectivity index (χ3n) is 3.20. The van der Waals surface area contributed by atoms with Crippen LogP contribution >= 0.6 is 0 Å². The lowest BCUT2D eigenvalue weighted by atomic mass is 9.94. The van der Waals surface area contributed by atoms with Gasteiger partial charge in [0.2, 0.25) is 0 Å². The van der Waals surface area contributed by atoms with Gasteiger partial charge >= 0.3 is 0 Å². The average molecular weight is 263 g/mol. The molecule has 0 aromatic rings. The van der Waals surface area contributed by atoms with Gasteiger partial charge in [-0.2, -0.15) is 0 Å². The van der Waals surface area contributed by atoms with Gasteiger partial charge in [-0.25, -0.2) is 8.42 Å². The Labute approximate surface area is 105 Å². The van der Waals surface area contributed by atoms with Crippen LogP contribution in [0.2, 0.25) is 0 Å². The lowest BCUT2D eigenvalue weighted by molar-refractivity contribution is -0.0627. The van der Waals surface area contributed by atoms with Gasteiger partial charge in [0.1, 0.15) is 9.84 Å². The van der Waals surface area contributed by atoms with Crippen LogP contribution in [0.5, 0.6) is 0 Å².